The summed E-state index contributed by atoms with van der Waals surface area (Å²) in [5.41, 5.74) is 1.58. The summed E-state index contributed by atoms with van der Waals surface area (Å²) in [6.45, 7) is 7.28. The first-order chi connectivity index (χ1) is 12.6. The number of hydrogen-bond donors (Lipinski definition) is 0. The van der Waals surface area contributed by atoms with E-state index < -0.39 is 0 Å². The Morgan fingerprint density at radius 2 is 1.77 bits per heavy atom. The molecule has 138 valence electrons. The van der Waals surface area contributed by atoms with Crippen LogP contribution < -0.4 is 0 Å². The Balaban J connectivity index is 1.36. The number of likely N-dealkylation sites (tertiary alicyclic amines) is 2. The lowest BCUT2D eigenvalue weighted by Gasteiger charge is -2.47. The molecule has 1 aromatic carbocycles. The van der Waals surface area contributed by atoms with E-state index in [0.717, 1.165) is 45.6 Å². The topological polar surface area (TPSA) is 23.6 Å². The van der Waals surface area contributed by atoms with Gasteiger partial charge in [-0.15, -0.1) is 11.3 Å². The van der Waals surface area contributed by atoms with Crippen LogP contribution in [0.2, 0.25) is 0 Å². The number of rotatable bonds is 4. The zero-order valence-electron chi connectivity index (χ0n) is 15.6. The van der Waals surface area contributed by atoms with Crippen molar-refractivity contribution in [2.75, 3.05) is 19.6 Å². The molecule has 1 amide bonds. The number of thiophene rings is 1. The Kier molecular flexibility index (Phi) is 5.14. The van der Waals surface area contributed by atoms with E-state index in [1.807, 2.05) is 17.4 Å². The van der Waals surface area contributed by atoms with Crippen LogP contribution in [0.1, 0.15) is 41.0 Å². The molecule has 0 bridgehead atoms. The second kappa shape index (κ2) is 7.53. The number of piperidine rings is 2. The molecule has 2 fully saturated rings. The first-order valence-corrected chi connectivity index (χ1v) is 10.5. The third kappa shape index (κ3) is 4.02. The molecule has 2 aromatic rings. The van der Waals surface area contributed by atoms with E-state index >= 15 is 0 Å². The zero-order chi connectivity index (χ0) is 18.0. The number of aryl methyl sites for hydroxylation is 1. The number of carbonyl (C=O) groups is 1. The predicted molar refractivity (Wildman–Crippen MR) is 107 cm³/mol. The van der Waals surface area contributed by atoms with Crippen LogP contribution in [-0.2, 0) is 17.9 Å². The molecule has 0 unspecified atom stereocenters. The largest absolute Gasteiger partial charge is 0.338 e. The third-order valence-corrected chi connectivity index (χ3v) is 7.04. The Hall–Kier alpha value is -1.65. The van der Waals surface area contributed by atoms with Crippen LogP contribution in [0, 0.1) is 12.3 Å². The Morgan fingerprint density at radius 3 is 2.46 bits per heavy atom. The van der Waals surface area contributed by atoms with Crippen molar-refractivity contribution in [3.05, 3.63) is 57.8 Å². The molecule has 2 aliphatic heterocycles. The highest BCUT2D eigenvalue weighted by Crippen LogP contribution is 2.41. The molecule has 0 aliphatic carbocycles. The molecule has 0 radical (unpaired) electrons. The van der Waals surface area contributed by atoms with Crippen LogP contribution in [0.25, 0.3) is 0 Å². The van der Waals surface area contributed by atoms with Crippen molar-refractivity contribution >= 4 is 17.2 Å². The van der Waals surface area contributed by atoms with Gasteiger partial charge in [-0.3, -0.25) is 9.69 Å². The van der Waals surface area contributed by atoms with Crippen molar-refractivity contribution in [2.24, 2.45) is 5.41 Å². The van der Waals surface area contributed by atoms with Crippen molar-refractivity contribution in [2.45, 2.75) is 45.7 Å². The number of carbonyl (C=O) groups excluding carboxylic acids is 1. The van der Waals surface area contributed by atoms with Crippen LogP contribution in [0.4, 0.5) is 0 Å². The van der Waals surface area contributed by atoms with Crippen LogP contribution >= 0.6 is 11.3 Å². The van der Waals surface area contributed by atoms with Crippen LogP contribution in [0.5, 0.6) is 0 Å². The summed E-state index contributed by atoms with van der Waals surface area (Å²) in [5.74, 6) is 0.330. The highest BCUT2D eigenvalue weighted by molar-refractivity contribution is 7.11. The minimum absolute atomic E-state index is 0.330. The van der Waals surface area contributed by atoms with Gasteiger partial charge in [-0.05, 0) is 62.4 Å². The van der Waals surface area contributed by atoms with Gasteiger partial charge >= 0.3 is 0 Å². The molecule has 2 saturated heterocycles. The van der Waals surface area contributed by atoms with Gasteiger partial charge < -0.3 is 4.90 Å². The van der Waals surface area contributed by atoms with E-state index in [-0.39, 0.29) is 0 Å². The summed E-state index contributed by atoms with van der Waals surface area (Å²) in [7, 11) is 0. The smallest absolute Gasteiger partial charge is 0.222 e. The normalized spacial score (nSPS) is 20.7. The summed E-state index contributed by atoms with van der Waals surface area (Å²) >= 11 is 1.92. The van der Waals surface area contributed by atoms with Crippen molar-refractivity contribution < 1.29 is 4.79 Å². The Bertz CT molecular complexity index is 747. The van der Waals surface area contributed by atoms with E-state index in [2.05, 4.69) is 53.1 Å². The maximum Gasteiger partial charge on any atom is 0.222 e. The highest BCUT2D eigenvalue weighted by Gasteiger charge is 2.40. The van der Waals surface area contributed by atoms with Gasteiger partial charge in [0, 0.05) is 35.8 Å². The lowest BCUT2D eigenvalue weighted by molar-refractivity contribution is -0.140. The fourth-order valence-electron chi connectivity index (χ4n) is 4.43. The molecule has 4 rings (SSSR count). The summed E-state index contributed by atoms with van der Waals surface area (Å²) in [6, 6.07) is 14.9. The number of amides is 1. The fraction of sp³-hybridized carbons (Fsp3) is 0.500. The molecular formula is C22H28N2OS. The number of hydrogen-bond acceptors (Lipinski definition) is 3. The summed E-state index contributed by atoms with van der Waals surface area (Å²) < 4.78 is 0. The van der Waals surface area contributed by atoms with Gasteiger partial charge in [0.15, 0.2) is 0 Å². The van der Waals surface area contributed by atoms with Gasteiger partial charge in [-0.1, -0.05) is 30.3 Å². The molecule has 0 atom stereocenters. The predicted octanol–water partition coefficient (Wildman–Crippen LogP) is 4.46. The molecule has 2 aliphatic rings. The molecule has 1 spiro atoms. The lowest BCUT2D eigenvalue weighted by atomic mass is 9.72. The molecule has 0 saturated carbocycles. The average Bonchev–Trinajstić information content (AvgIpc) is 3.06. The zero-order valence-corrected chi connectivity index (χ0v) is 16.4. The minimum Gasteiger partial charge on any atom is -0.338 e. The van der Waals surface area contributed by atoms with Crippen molar-refractivity contribution in [1.29, 1.82) is 0 Å². The van der Waals surface area contributed by atoms with Crippen molar-refractivity contribution in [3.8, 4) is 0 Å². The lowest BCUT2D eigenvalue weighted by Crippen LogP contribution is -2.51. The van der Waals surface area contributed by atoms with Gasteiger partial charge in [-0.2, -0.15) is 0 Å². The molecular weight excluding hydrogens is 340 g/mol. The number of nitrogens with zero attached hydrogens (tertiary/aromatic N) is 2. The highest BCUT2D eigenvalue weighted by atomic mass is 32.1. The molecule has 3 heterocycles. The molecule has 4 heteroatoms. The van der Waals surface area contributed by atoms with Gasteiger partial charge in [-0.25, -0.2) is 0 Å². The Morgan fingerprint density at radius 1 is 1.00 bits per heavy atom. The van der Waals surface area contributed by atoms with Crippen molar-refractivity contribution in [3.63, 3.8) is 0 Å². The van der Waals surface area contributed by atoms with Crippen LogP contribution in [0.3, 0.4) is 0 Å². The summed E-state index contributed by atoms with van der Waals surface area (Å²) in [5, 5.41) is 0. The van der Waals surface area contributed by atoms with Gasteiger partial charge in [0.25, 0.3) is 0 Å². The van der Waals surface area contributed by atoms with Crippen LogP contribution in [0.15, 0.2) is 42.5 Å². The first kappa shape index (κ1) is 17.7. The maximum absolute atomic E-state index is 12.4. The van der Waals surface area contributed by atoms with E-state index in [0.29, 0.717) is 11.3 Å². The third-order valence-electron chi connectivity index (χ3n) is 6.06. The first-order valence-electron chi connectivity index (χ1n) is 9.71. The second-order valence-electron chi connectivity index (χ2n) is 8.02. The SMILES string of the molecule is Cc1ccc(CN2CCC3(CCC(=O)N(Cc4ccccc4)C3)CC2)s1. The van der Waals surface area contributed by atoms with E-state index in [4.69, 9.17) is 0 Å². The standard InChI is InChI=1S/C22H28N2OS/c1-18-7-8-20(26-18)16-23-13-11-22(12-14-23)10-9-21(25)24(17-22)15-19-5-3-2-4-6-19/h2-8H,9-17H2,1H3. The summed E-state index contributed by atoms with van der Waals surface area (Å²) in [6.07, 6.45) is 4.23. The maximum atomic E-state index is 12.4. The minimum atomic E-state index is 0.330. The van der Waals surface area contributed by atoms with Crippen molar-refractivity contribution in [1.82, 2.24) is 9.80 Å². The van der Waals surface area contributed by atoms with Gasteiger partial charge in [0.2, 0.25) is 5.91 Å². The number of benzene rings is 1. The molecule has 1 aromatic heterocycles. The van der Waals surface area contributed by atoms with E-state index in [9.17, 15) is 4.79 Å². The average molecular weight is 369 g/mol. The summed E-state index contributed by atoms with van der Waals surface area (Å²) in [4.78, 5) is 20.0. The van der Waals surface area contributed by atoms with Gasteiger partial charge in [0.1, 0.15) is 0 Å². The fourth-order valence-corrected chi connectivity index (χ4v) is 5.37. The van der Waals surface area contributed by atoms with Gasteiger partial charge in [0.05, 0.1) is 0 Å². The monoisotopic (exact) mass is 368 g/mol. The van der Waals surface area contributed by atoms with Crippen LogP contribution in [-0.4, -0.2) is 35.3 Å². The quantitative estimate of drug-likeness (QED) is 0.795. The van der Waals surface area contributed by atoms with E-state index in [1.54, 1.807) is 0 Å². The molecule has 0 N–H and O–H groups in total. The molecule has 26 heavy (non-hydrogen) atoms. The second-order valence-corrected chi connectivity index (χ2v) is 9.40. The van der Waals surface area contributed by atoms with E-state index in [1.165, 1.54) is 28.2 Å². The Labute approximate surface area is 160 Å². The molecule has 3 nitrogen and oxygen atoms in total.